The first-order valence-electron chi connectivity index (χ1n) is 7.75. The number of hydrogen-bond acceptors (Lipinski definition) is 3. The first-order valence-corrected chi connectivity index (χ1v) is 7.75. The molecule has 2 aromatic carbocycles. The molecule has 0 saturated carbocycles. The Kier molecular flexibility index (Phi) is 4.24. The molecule has 112 valence electrons. The lowest BCUT2D eigenvalue weighted by Gasteiger charge is -2.42. The normalized spacial score (nSPS) is 25.1. The molecule has 0 spiro atoms. The summed E-state index contributed by atoms with van der Waals surface area (Å²) in [6, 6.07) is 15.7. The fourth-order valence-electron chi connectivity index (χ4n) is 3.35. The van der Waals surface area contributed by atoms with E-state index in [4.69, 9.17) is 10.5 Å². The molecular weight excluding hydrogens is 260 g/mol. The average molecular weight is 284 g/mol. The van der Waals surface area contributed by atoms with E-state index in [-0.39, 0.29) is 12.1 Å². The second kappa shape index (κ2) is 6.14. The summed E-state index contributed by atoms with van der Waals surface area (Å²) in [5, 5.41) is 2.59. The van der Waals surface area contributed by atoms with E-state index in [1.165, 1.54) is 16.3 Å². The Morgan fingerprint density at radius 3 is 2.76 bits per heavy atom. The molecule has 3 heteroatoms. The van der Waals surface area contributed by atoms with Gasteiger partial charge in [0.15, 0.2) is 0 Å². The summed E-state index contributed by atoms with van der Waals surface area (Å²) in [5.41, 5.74) is 7.48. The van der Waals surface area contributed by atoms with E-state index >= 15 is 0 Å². The Balaban J connectivity index is 2.01. The average Bonchev–Trinajstić information content (AvgIpc) is 2.51. The topological polar surface area (TPSA) is 38.5 Å². The minimum atomic E-state index is 0.248. The highest BCUT2D eigenvalue weighted by atomic mass is 16.5. The van der Waals surface area contributed by atoms with Gasteiger partial charge in [0.2, 0.25) is 0 Å². The van der Waals surface area contributed by atoms with Crippen LogP contribution in [-0.2, 0) is 4.74 Å². The second-order valence-corrected chi connectivity index (χ2v) is 6.01. The molecule has 3 unspecified atom stereocenters. The first-order chi connectivity index (χ1) is 10.2. The van der Waals surface area contributed by atoms with Crippen LogP contribution in [0.25, 0.3) is 10.8 Å². The van der Waals surface area contributed by atoms with E-state index in [1.807, 2.05) is 0 Å². The third kappa shape index (κ3) is 2.82. The number of benzene rings is 2. The molecule has 1 heterocycles. The van der Waals surface area contributed by atoms with Crippen molar-refractivity contribution in [1.29, 1.82) is 0 Å². The lowest BCUT2D eigenvalue weighted by molar-refractivity contribution is -0.0651. The van der Waals surface area contributed by atoms with Crippen LogP contribution in [0, 0.1) is 0 Å². The van der Waals surface area contributed by atoms with Gasteiger partial charge in [-0.15, -0.1) is 0 Å². The number of morpholine rings is 1. The van der Waals surface area contributed by atoms with Crippen LogP contribution in [-0.4, -0.2) is 36.7 Å². The highest BCUT2D eigenvalue weighted by Crippen LogP contribution is 2.30. The quantitative estimate of drug-likeness (QED) is 0.942. The van der Waals surface area contributed by atoms with Crippen molar-refractivity contribution in [2.45, 2.75) is 32.0 Å². The van der Waals surface area contributed by atoms with Crippen molar-refractivity contribution in [2.75, 3.05) is 19.7 Å². The zero-order chi connectivity index (χ0) is 14.8. The maximum atomic E-state index is 6.15. The van der Waals surface area contributed by atoms with E-state index in [0.717, 1.165) is 13.2 Å². The summed E-state index contributed by atoms with van der Waals surface area (Å²) >= 11 is 0. The number of nitrogens with zero attached hydrogens (tertiary/aromatic N) is 1. The molecule has 3 rings (SSSR count). The molecule has 3 nitrogen and oxygen atoms in total. The minimum absolute atomic E-state index is 0.248. The Labute approximate surface area is 126 Å². The third-order valence-corrected chi connectivity index (χ3v) is 4.46. The zero-order valence-corrected chi connectivity index (χ0v) is 12.8. The van der Waals surface area contributed by atoms with E-state index in [0.29, 0.717) is 12.6 Å². The van der Waals surface area contributed by atoms with Gasteiger partial charge in [0.25, 0.3) is 0 Å². The summed E-state index contributed by atoms with van der Waals surface area (Å²) in [4.78, 5) is 2.50. The second-order valence-electron chi connectivity index (χ2n) is 6.01. The third-order valence-electron chi connectivity index (χ3n) is 4.46. The van der Waals surface area contributed by atoms with Gasteiger partial charge >= 0.3 is 0 Å². The largest absolute Gasteiger partial charge is 0.376 e. The van der Waals surface area contributed by atoms with Gasteiger partial charge in [-0.2, -0.15) is 0 Å². The number of rotatable bonds is 3. The molecule has 0 aromatic heterocycles. The summed E-state index contributed by atoms with van der Waals surface area (Å²) in [5.74, 6) is 0. The molecule has 0 radical (unpaired) electrons. The molecule has 1 aliphatic rings. The highest BCUT2D eigenvalue weighted by molar-refractivity contribution is 5.86. The van der Waals surface area contributed by atoms with Crippen molar-refractivity contribution in [3.63, 3.8) is 0 Å². The lowest BCUT2D eigenvalue weighted by Crippen LogP contribution is -2.50. The summed E-state index contributed by atoms with van der Waals surface area (Å²) < 4.78 is 5.76. The Hall–Kier alpha value is -1.42. The van der Waals surface area contributed by atoms with Crippen LogP contribution < -0.4 is 5.73 Å². The van der Waals surface area contributed by atoms with Crippen molar-refractivity contribution >= 4 is 10.8 Å². The molecule has 1 saturated heterocycles. The number of fused-ring (bicyclic) bond motifs is 1. The highest BCUT2D eigenvalue weighted by Gasteiger charge is 2.30. The van der Waals surface area contributed by atoms with Gasteiger partial charge in [-0.05, 0) is 30.2 Å². The van der Waals surface area contributed by atoms with Crippen molar-refractivity contribution in [1.82, 2.24) is 4.90 Å². The first kappa shape index (κ1) is 14.5. The molecule has 2 aromatic rings. The summed E-state index contributed by atoms with van der Waals surface area (Å²) in [7, 11) is 0. The van der Waals surface area contributed by atoms with Gasteiger partial charge < -0.3 is 10.5 Å². The van der Waals surface area contributed by atoms with Crippen LogP contribution in [0.15, 0.2) is 42.5 Å². The number of nitrogens with two attached hydrogens (primary N) is 1. The molecule has 2 N–H and O–H groups in total. The monoisotopic (exact) mass is 284 g/mol. The van der Waals surface area contributed by atoms with Crippen molar-refractivity contribution in [3.05, 3.63) is 48.0 Å². The van der Waals surface area contributed by atoms with Crippen molar-refractivity contribution in [2.24, 2.45) is 5.73 Å². The maximum Gasteiger partial charge on any atom is 0.0675 e. The fraction of sp³-hybridized carbons (Fsp3) is 0.444. The standard InChI is InChI=1S/C18H24N2O/c1-13-12-21-14(2)11-20(13)18(10-19)17-9-5-7-15-6-3-4-8-16(15)17/h3-9,13-14,18H,10-12,19H2,1-2H3. The minimum Gasteiger partial charge on any atom is -0.376 e. The van der Waals surface area contributed by atoms with Crippen LogP contribution >= 0.6 is 0 Å². The smallest absolute Gasteiger partial charge is 0.0675 e. The van der Waals surface area contributed by atoms with E-state index in [9.17, 15) is 0 Å². The van der Waals surface area contributed by atoms with Gasteiger partial charge in [0, 0.05) is 25.2 Å². The van der Waals surface area contributed by atoms with E-state index < -0.39 is 0 Å². The zero-order valence-electron chi connectivity index (χ0n) is 12.8. The summed E-state index contributed by atoms with van der Waals surface area (Å²) in [6.45, 7) is 6.70. The predicted molar refractivity (Wildman–Crippen MR) is 87.3 cm³/mol. The van der Waals surface area contributed by atoms with Crippen LogP contribution in [0.2, 0.25) is 0 Å². The Morgan fingerprint density at radius 1 is 1.19 bits per heavy atom. The predicted octanol–water partition coefficient (Wildman–Crippen LogP) is 2.95. The molecule has 1 fully saturated rings. The molecule has 3 atom stereocenters. The van der Waals surface area contributed by atoms with Crippen LogP contribution in [0.4, 0.5) is 0 Å². The molecule has 0 amide bonds. The van der Waals surface area contributed by atoms with Gasteiger partial charge in [-0.3, -0.25) is 4.90 Å². The van der Waals surface area contributed by atoms with E-state index in [1.54, 1.807) is 0 Å². The molecule has 1 aliphatic heterocycles. The van der Waals surface area contributed by atoms with Crippen LogP contribution in [0.5, 0.6) is 0 Å². The van der Waals surface area contributed by atoms with Crippen molar-refractivity contribution in [3.8, 4) is 0 Å². The van der Waals surface area contributed by atoms with Gasteiger partial charge in [-0.25, -0.2) is 0 Å². The molecule has 0 aliphatic carbocycles. The SMILES string of the molecule is CC1CN(C(CN)c2cccc3ccccc23)C(C)CO1. The molecular formula is C18H24N2O. The Morgan fingerprint density at radius 2 is 1.95 bits per heavy atom. The Bertz CT molecular complexity index is 608. The van der Waals surface area contributed by atoms with Gasteiger partial charge in [-0.1, -0.05) is 42.5 Å². The van der Waals surface area contributed by atoms with Crippen LogP contribution in [0.3, 0.4) is 0 Å². The lowest BCUT2D eigenvalue weighted by atomic mass is 9.96. The number of hydrogen-bond donors (Lipinski definition) is 1. The summed E-state index contributed by atoms with van der Waals surface area (Å²) in [6.07, 6.45) is 0.269. The maximum absolute atomic E-state index is 6.15. The van der Waals surface area contributed by atoms with E-state index in [2.05, 4.69) is 61.2 Å². The van der Waals surface area contributed by atoms with Crippen LogP contribution in [0.1, 0.15) is 25.5 Å². The molecule has 0 bridgehead atoms. The van der Waals surface area contributed by atoms with Gasteiger partial charge in [0.05, 0.1) is 12.7 Å². The number of ether oxygens (including phenoxy) is 1. The fourth-order valence-corrected chi connectivity index (χ4v) is 3.35. The van der Waals surface area contributed by atoms with Crippen molar-refractivity contribution < 1.29 is 4.74 Å². The molecule has 21 heavy (non-hydrogen) atoms. The van der Waals surface area contributed by atoms with Gasteiger partial charge in [0.1, 0.15) is 0 Å².